The van der Waals surface area contributed by atoms with Gasteiger partial charge in [0.05, 0.1) is 24.7 Å². The van der Waals surface area contributed by atoms with E-state index in [0.717, 1.165) is 0 Å². The van der Waals surface area contributed by atoms with Crippen LogP contribution in [-0.4, -0.2) is 38.9 Å². The van der Waals surface area contributed by atoms with E-state index in [9.17, 15) is 10.2 Å². The second-order valence-electron chi connectivity index (χ2n) is 4.46. The van der Waals surface area contributed by atoms with Gasteiger partial charge in [-0.3, -0.25) is 13.4 Å². The van der Waals surface area contributed by atoms with Crippen LogP contribution in [0.2, 0.25) is 5.02 Å². The van der Waals surface area contributed by atoms with E-state index < -0.39 is 10.4 Å². The van der Waals surface area contributed by atoms with Crippen LogP contribution in [0.25, 0.3) is 0 Å². The number of nitrogens with zero attached hydrogens (tertiary/aromatic N) is 2. The van der Waals surface area contributed by atoms with Crippen LogP contribution >= 0.6 is 11.6 Å². The molecule has 26 heavy (non-hydrogen) atoms. The Bertz CT molecular complexity index is 858. The Labute approximate surface area is 165 Å². The summed E-state index contributed by atoms with van der Waals surface area (Å²) in [6.07, 6.45) is 4.61. The van der Waals surface area contributed by atoms with Crippen LogP contribution in [0.3, 0.4) is 0 Å². The molecule has 2 rings (SSSR count). The van der Waals surface area contributed by atoms with E-state index in [0.29, 0.717) is 27.7 Å². The second kappa shape index (κ2) is 11.0. The number of aliphatic hydroxyl groups excluding tert-OH is 1. The first-order valence-electron chi connectivity index (χ1n) is 6.53. The van der Waals surface area contributed by atoms with Gasteiger partial charge in [-0.15, -0.1) is 5.43 Å². The summed E-state index contributed by atoms with van der Waals surface area (Å²) in [6, 6.07) is 3.47. The molecule has 0 atom stereocenters. The van der Waals surface area contributed by atoms with Crippen molar-refractivity contribution in [1.29, 1.82) is 0 Å². The third-order valence-electron chi connectivity index (χ3n) is 2.70. The Kier molecular flexibility index (Phi) is 10.3. The molecule has 0 amide bonds. The number of aliphatic hydroxyl groups is 1. The molecule has 2 heterocycles. The Morgan fingerprint density at radius 2 is 2.08 bits per heavy atom. The maximum absolute atomic E-state index is 9.93. The fourth-order valence-corrected chi connectivity index (χ4v) is 1.76. The van der Waals surface area contributed by atoms with Crippen LogP contribution in [0, 0.1) is 6.92 Å². The third kappa shape index (κ3) is 8.54. The Balaban J connectivity index is 0.000000923. The first-order valence-corrected chi connectivity index (χ1v) is 8.25. The van der Waals surface area contributed by atoms with Crippen molar-refractivity contribution in [3.8, 4) is 5.75 Å². The number of hydrazone groups is 1. The van der Waals surface area contributed by atoms with Crippen molar-refractivity contribution in [3.63, 3.8) is 0 Å². The van der Waals surface area contributed by atoms with E-state index in [4.69, 9.17) is 29.1 Å². The molecule has 0 unspecified atom stereocenters. The summed E-state index contributed by atoms with van der Waals surface area (Å²) in [7, 11) is -5.17. The summed E-state index contributed by atoms with van der Waals surface area (Å²) in [5, 5.41) is 23.7. The Hall–Kier alpha value is -1.79. The molecule has 0 aliphatic heterocycles. The molecule has 0 spiro atoms. The van der Waals surface area contributed by atoms with Crippen molar-refractivity contribution in [2.45, 2.75) is 13.5 Å². The second-order valence-corrected chi connectivity index (χ2v) is 5.68. The van der Waals surface area contributed by atoms with E-state index in [1.54, 1.807) is 25.3 Å². The molecule has 0 radical (unpaired) electrons. The molecule has 4 N–H and O–H groups in total. The smallest absolute Gasteiger partial charge is 0.759 e. The van der Waals surface area contributed by atoms with Crippen LogP contribution < -0.4 is 10.4 Å². The standard InChI is InChI=1S/C13H13ClN4O2.Cu.H2O4S/c1-8-12(20)10(9(7-19)5-16-8)6-17-18-13-11(14)3-2-4-15-13;;1-5(2,3)4/h2-6,19-20H,7H2,1H3,(H,15,18);;(H2,1,2,3,4)/q;+1;/p-1/b17-6+;;. The van der Waals surface area contributed by atoms with Gasteiger partial charge in [0.1, 0.15) is 10.8 Å². The molecule has 146 valence electrons. The van der Waals surface area contributed by atoms with Crippen LogP contribution in [0.4, 0.5) is 5.82 Å². The molecule has 0 fully saturated rings. The number of aromatic amines is 1. The number of rotatable bonds is 4. The molecule has 0 aliphatic rings. The van der Waals surface area contributed by atoms with Crippen LogP contribution in [0.1, 0.15) is 16.8 Å². The van der Waals surface area contributed by atoms with Crippen molar-refractivity contribution in [1.82, 2.24) is 4.98 Å². The van der Waals surface area contributed by atoms with Gasteiger partial charge in [0, 0.05) is 27.7 Å². The first-order chi connectivity index (χ1) is 11.6. The largest absolute Gasteiger partial charge is 1.00 e. The number of hydrogen-bond acceptors (Lipinski definition) is 9. The molecule has 0 saturated heterocycles. The zero-order valence-corrected chi connectivity index (χ0v) is 15.6. The SMILES string of the molecule is Cc1ncc(CO)c(/C=N/Nc2[nH+]cccc2Cl)c1O.O=S(=O)([O-])[O-].[Cu+]. The summed E-state index contributed by atoms with van der Waals surface area (Å²) in [5.74, 6) is 0.520. The van der Waals surface area contributed by atoms with Gasteiger partial charge in [0.25, 0.3) is 0 Å². The molecule has 10 nitrogen and oxygen atoms in total. The monoisotopic (exact) mass is 452 g/mol. The van der Waals surface area contributed by atoms with Gasteiger partial charge in [-0.25, -0.2) is 4.98 Å². The third-order valence-corrected chi connectivity index (χ3v) is 3.02. The van der Waals surface area contributed by atoms with Gasteiger partial charge in [-0.05, 0) is 19.1 Å². The molecule has 0 aromatic carbocycles. The van der Waals surface area contributed by atoms with Gasteiger partial charge < -0.3 is 19.3 Å². The molecule has 13 heteroatoms. The molecule has 2 aromatic rings. The number of aromatic nitrogens is 2. The normalized spacial score (nSPS) is 10.7. The van der Waals surface area contributed by atoms with Gasteiger partial charge in [-0.2, -0.15) is 0 Å². The summed E-state index contributed by atoms with van der Waals surface area (Å²) >= 11 is 5.95. The van der Waals surface area contributed by atoms with Crippen molar-refractivity contribution < 1.29 is 49.8 Å². The number of anilines is 1. The fraction of sp³-hybridized carbons (Fsp3) is 0.154. The number of H-pyrrole nitrogens is 1. The Morgan fingerprint density at radius 1 is 1.46 bits per heavy atom. The van der Waals surface area contributed by atoms with Crippen molar-refractivity contribution in [2.75, 3.05) is 5.43 Å². The predicted octanol–water partition coefficient (Wildman–Crippen LogP) is 0.161. The van der Waals surface area contributed by atoms with E-state index in [-0.39, 0.29) is 29.4 Å². The minimum atomic E-state index is -5.17. The van der Waals surface area contributed by atoms with Gasteiger partial charge in [0.15, 0.2) is 0 Å². The average molecular weight is 453 g/mol. The van der Waals surface area contributed by atoms with Gasteiger partial charge in [-0.1, -0.05) is 16.7 Å². The van der Waals surface area contributed by atoms with Gasteiger partial charge in [0.2, 0.25) is 0 Å². The van der Waals surface area contributed by atoms with Crippen molar-refractivity contribution >= 4 is 34.0 Å². The number of nitrogens with one attached hydrogen (secondary N) is 2. The van der Waals surface area contributed by atoms with Crippen molar-refractivity contribution in [3.05, 3.63) is 46.4 Å². The molecule has 0 aliphatic carbocycles. The molecule has 0 saturated carbocycles. The number of aromatic hydroxyl groups is 1. The number of hydrogen-bond donors (Lipinski definition) is 3. The van der Waals surface area contributed by atoms with Crippen LogP contribution in [0.5, 0.6) is 5.75 Å². The topological polar surface area (TPSA) is 172 Å². The molecular weight excluding hydrogens is 439 g/mol. The predicted molar refractivity (Wildman–Crippen MR) is 86.3 cm³/mol. The fourth-order valence-electron chi connectivity index (χ4n) is 1.59. The van der Waals surface area contributed by atoms with E-state index in [2.05, 4.69) is 20.5 Å². The van der Waals surface area contributed by atoms with Crippen LogP contribution in [-0.2, 0) is 34.1 Å². The maximum atomic E-state index is 9.93. The average Bonchev–Trinajstić information content (AvgIpc) is 2.52. The summed E-state index contributed by atoms with van der Waals surface area (Å²) < 4.78 is 34.1. The summed E-state index contributed by atoms with van der Waals surface area (Å²) in [6.45, 7) is 1.43. The number of halogens is 1. The molecular formula is C13H14ClCuN4O6S. The maximum Gasteiger partial charge on any atom is 1.00 e. The number of aryl methyl sites for hydroxylation is 1. The zero-order valence-electron chi connectivity index (χ0n) is 13.1. The minimum absolute atomic E-state index is 0. The zero-order chi connectivity index (χ0) is 19.0. The Morgan fingerprint density at radius 3 is 2.62 bits per heavy atom. The number of pyridine rings is 2. The summed E-state index contributed by atoms with van der Waals surface area (Å²) in [4.78, 5) is 6.87. The molecule has 2 aromatic heterocycles. The minimum Gasteiger partial charge on any atom is -0.759 e. The van der Waals surface area contributed by atoms with E-state index >= 15 is 0 Å². The summed E-state index contributed by atoms with van der Waals surface area (Å²) in [5.41, 5.74) is 4.10. The first kappa shape index (κ1) is 24.2. The van der Waals surface area contributed by atoms with E-state index in [1.165, 1.54) is 12.4 Å². The van der Waals surface area contributed by atoms with Gasteiger partial charge >= 0.3 is 22.9 Å². The van der Waals surface area contributed by atoms with E-state index in [1.807, 2.05) is 0 Å². The van der Waals surface area contributed by atoms with Crippen LogP contribution in [0.15, 0.2) is 29.6 Å². The molecule has 0 bridgehead atoms. The quantitative estimate of drug-likeness (QED) is 0.193. The van der Waals surface area contributed by atoms with Crippen molar-refractivity contribution in [2.24, 2.45) is 5.10 Å².